The molecule has 0 saturated heterocycles. The molecule has 1 rings (SSSR count). The number of benzene rings is 1. The fourth-order valence-corrected chi connectivity index (χ4v) is 1.96. The number of nitrogens with one attached hydrogen (secondary N) is 1. The Morgan fingerprint density at radius 2 is 2.31 bits per heavy atom. The van der Waals surface area contributed by atoms with E-state index in [1.54, 1.807) is 17.8 Å². The zero-order valence-electron chi connectivity index (χ0n) is 9.46. The van der Waals surface area contributed by atoms with Crippen LogP contribution in [-0.2, 0) is 0 Å². The zero-order valence-corrected chi connectivity index (χ0v) is 10.3. The summed E-state index contributed by atoms with van der Waals surface area (Å²) < 4.78 is 12.9. The zero-order chi connectivity index (χ0) is 12.0. The first-order valence-electron chi connectivity index (χ1n) is 5.12. The first-order chi connectivity index (χ1) is 7.67. The van der Waals surface area contributed by atoms with Crippen LogP contribution in [0.3, 0.4) is 0 Å². The maximum atomic E-state index is 12.9. The Morgan fingerprint density at radius 1 is 1.56 bits per heavy atom. The van der Waals surface area contributed by atoms with Crippen LogP contribution in [0.4, 0.5) is 10.1 Å². The topological polar surface area (TPSA) is 35.8 Å². The molecule has 0 aromatic heterocycles. The number of hydrogen-bond donors (Lipinski definition) is 1. The molecule has 0 amide bonds. The van der Waals surface area contributed by atoms with Crippen molar-refractivity contribution in [3.63, 3.8) is 0 Å². The van der Waals surface area contributed by atoms with Crippen LogP contribution in [0.1, 0.15) is 18.9 Å². The molecule has 0 heterocycles. The molecule has 0 aliphatic carbocycles. The first-order valence-corrected chi connectivity index (χ1v) is 6.52. The fraction of sp³-hybridized carbons (Fsp3) is 0.417. The number of anilines is 1. The lowest BCUT2D eigenvalue weighted by atomic mass is 10.1. The van der Waals surface area contributed by atoms with Gasteiger partial charge in [0.05, 0.1) is 11.3 Å². The quantitative estimate of drug-likeness (QED) is 0.855. The van der Waals surface area contributed by atoms with Crippen LogP contribution in [0.5, 0.6) is 0 Å². The van der Waals surface area contributed by atoms with Crippen molar-refractivity contribution < 1.29 is 4.39 Å². The van der Waals surface area contributed by atoms with Gasteiger partial charge in [-0.3, -0.25) is 0 Å². The molecule has 0 aliphatic heterocycles. The molecular formula is C12H15FN2S. The minimum Gasteiger partial charge on any atom is -0.381 e. The van der Waals surface area contributed by atoms with Gasteiger partial charge in [-0.15, -0.1) is 0 Å². The maximum Gasteiger partial charge on any atom is 0.124 e. The van der Waals surface area contributed by atoms with E-state index < -0.39 is 0 Å². The number of thioether (sulfide) groups is 1. The Hall–Kier alpha value is -1.21. The summed E-state index contributed by atoms with van der Waals surface area (Å²) in [7, 11) is 0. The Bertz CT molecular complexity index is 387. The Morgan fingerprint density at radius 3 is 2.94 bits per heavy atom. The summed E-state index contributed by atoms with van der Waals surface area (Å²) >= 11 is 1.79. The summed E-state index contributed by atoms with van der Waals surface area (Å²) in [6, 6.07) is 6.51. The molecule has 0 radical (unpaired) electrons. The van der Waals surface area contributed by atoms with Gasteiger partial charge in [0.1, 0.15) is 11.9 Å². The van der Waals surface area contributed by atoms with Crippen LogP contribution < -0.4 is 5.32 Å². The fourth-order valence-electron chi connectivity index (χ4n) is 1.37. The van der Waals surface area contributed by atoms with Gasteiger partial charge in [-0.05, 0) is 43.6 Å². The molecule has 2 nitrogen and oxygen atoms in total. The van der Waals surface area contributed by atoms with Gasteiger partial charge >= 0.3 is 0 Å². The van der Waals surface area contributed by atoms with Gasteiger partial charge in [-0.2, -0.15) is 17.0 Å². The highest BCUT2D eigenvalue weighted by Gasteiger charge is 2.06. The highest BCUT2D eigenvalue weighted by Crippen LogP contribution is 2.18. The van der Waals surface area contributed by atoms with Gasteiger partial charge in [0.25, 0.3) is 0 Å². The van der Waals surface area contributed by atoms with Crippen molar-refractivity contribution in [2.75, 3.05) is 17.3 Å². The average Bonchev–Trinajstić information content (AvgIpc) is 2.28. The molecular weight excluding hydrogens is 223 g/mol. The maximum absolute atomic E-state index is 12.9. The molecule has 1 N–H and O–H groups in total. The average molecular weight is 238 g/mol. The van der Waals surface area contributed by atoms with Crippen LogP contribution in [0, 0.1) is 17.1 Å². The van der Waals surface area contributed by atoms with Crippen LogP contribution in [0.25, 0.3) is 0 Å². The highest BCUT2D eigenvalue weighted by atomic mass is 32.2. The van der Waals surface area contributed by atoms with Gasteiger partial charge in [0.2, 0.25) is 0 Å². The summed E-state index contributed by atoms with van der Waals surface area (Å²) in [5.74, 6) is 0.691. The minimum absolute atomic E-state index is 0.282. The molecule has 86 valence electrons. The Balaban J connectivity index is 2.70. The van der Waals surface area contributed by atoms with Crippen molar-refractivity contribution in [3.8, 4) is 6.07 Å². The first kappa shape index (κ1) is 12.9. The highest BCUT2D eigenvalue weighted by molar-refractivity contribution is 7.98. The normalized spacial score (nSPS) is 11.9. The van der Waals surface area contributed by atoms with Crippen LogP contribution >= 0.6 is 11.8 Å². The van der Waals surface area contributed by atoms with Crippen molar-refractivity contribution >= 4 is 17.4 Å². The summed E-state index contributed by atoms with van der Waals surface area (Å²) in [6.07, 6.45) is 3.08. The summed E-state index contributed by atoms with van der Waals surface area (Å²) in [5, 5.41) is 12.1. The van der Waals surface area contributed by atoms with Crippen LogP contribution in [0.15, 0.2) is 18.2 Å². The Labute approximate surface area is 99.9 Å². The lowest BCUT2D eigenvalue weighted by Crippen LogP contribution is -2.16. The van der Waals surface area contributed by atoms with E-state index in [2.05, 4.69) is 18.5 Å². The summed E-state index contributed by atoms with van der Waals surface area (Å²) in [4.78, 5) is 0. The molecule has 0 fully saturated rings. The van der Waals surface area contributed by atoms with Gasteiger partial charge in [0.15, 0.2) is 0 Å². The lowest BCUT2D eigenvalue weighted by molar-refractivity contribution is 0.627. The smallest absolute Gasteiger partial charge is 0.124 e. The predicted octanol–water partition coefficient (Wildman–Crippen LogP) is 3.25. The second-order valence-electron chi connectivity index (χ2n) is 3.63. The molecule has 0 aliphatic rings. The number of nitrogens with zero attached hydrogens (tertiary/aromatic N) is 1. The van der Waals surface area contributed by atoms with Crippen molar-refractivity contribution in [3.05, 3.63) is 29.6 Å². The van der Waals surface area contributed by atoms with Crippen molar-refractivity contribution in [2.24, 2.45) is 0 Å². The number of hydrogen-bond acceptors (Lipinski definition) is 3. The standard InChI is InChI=1S/C12H15FN2S/c1-9(5-6-16-2)15-12-4-3-11(13)7-10(12)8-14/h3-4,7,9,15H,5-6H2,1-2H3. The van der Waals surface area contributed by atoms with E-state index in [4.69, 9.17) is 5.26 Å². The number of nitriles is 1. The molecule has 1 atom stereocenters. The third-order valence-electron chi connectivity index (χ3n) is 2.26. The van der Waals surface area contributed by atoms with E-state index in [0.717, 1.165) is 12.2 Å². The second kappa shape index (κ2) is 6.39. The third-order valence-corrected chi connectivity index (χ3v) is 2.90. The summed E-state index contributed by atoms with van der Waals surface area (Å²) in [6.45, 7) is 2.06. The molecule has 0 bridgehead atoms. The molecule has 16 heavy (non-hydrogen) atoms. The third kappa shape index (κ3) is 3.74. The summed E-state index contributed by atoms with van der Waals surface area (Å²) in [5.41, 5.74) is 1.06. The number of halogens is 1. The Kier molecular flexibility index (Phi) is 5.13. The monoisotopic (exact) mass is 238 g/mol. The van der Waals surface area contributed by atoms with Gasteiger partial charge in [0, 0.05) is 6.04 Å². The van der Waals surface area contributed by atoms with Gasteiger partial charge in [-0.1, -0.05) is 0 Å². The van der Waals surface area contributed by atoms with E-state index in [-0.39, 0.29) is 11.9 Å². The van der Waals surface area contributed by atoms with E-state index >= 15 is 0 Å². The number of rotatable bonds is 5. The predicted molar refractivity (Wildman–Crippen MR) is 67.2 cm³/mol. The molecule has 0 saturated carbocycles. The van der Waals surface area contributed by atoms with Gasteiger partial charge in [-0.25, -0.2) is 4.39 Å². The molecule has 1 aromatic carbocycles. The minimum atomic E-state index is -0.376. The molecule has 1 unspecified atom stereocenters. The van der Waals surface area contributed by atoms with E-state index in [9.17, 15) is 4.39 Å². The molecule has 1 aromatic rings. The second-order valence-corrected chi connectivity index (χ2v) is 4.61. The SMILES string of the molecule is CSCCC(C)Nc1ccc(F)cc1C#N. The van der Waals surface area contributed by atoms with E-state index in [1.807, 2.05) is 6.07 Å². The van der Waals surface area contributed by atoms with Crippen molar-refractivity contribution in [1.82, 2.24) is 0 Å². The lowest BCUT2D eigenvalue weighted by Gasteiger charge is -2.15. The van der Waals surface area contributed by atoms with E-state index in [1.165, 1.54) is 12.1 Å². The van der Waals surface area contributed by atoms with Gasteiger partial charge < -0.3 is 5.32 Å². The van der Waals surface area contributed by atoms with Crippen LogP contribution in [0.2, 0.25) is 0 Å². The van der Waals surface area contributed by atoms with Crippen molar-refractivity contribution in [1.29, 1.82) is 5.26 Å². The molecule has 4 heteroatoms. The molecule has 0 spiro atoms. The van der Waals surface area contributed by atoms with Crippen molar-refractivity contribution in [2.45, 2.75) is 19.4 Å². The largest absolute Gasteiger partial charge is 0.381 e. The van der Waals surface area contributed by atoms with Crippen LogP contribution in [-0.4, -0.2) is 18.1 Å². The van der Waals surface area contributed by atoms with E-state index in [0.29, 0.717) is 11.3 Å².